The number of halogens is 2. The van der Waals surface area contributed by atoms with E-state index in [0.717, 1.165) is 28.7 Å². The Bertz CT molecular complexity index is 849. The Labute approximate surface area is 148 Å². The van der Waals surface area contributed by atoms with Crippen molar-refractivity contribution in [3.8, 4) is 11.5 Å². The van der Waals surface area contributed by atoms with Crippen LogP contribution in [0.15, 0.2) is 38.2 Å². The summed E-state index contributed by atoms with van der Waals surface area (Å²) in [6.07, 6.45) is 0. The summed E-state index contributed by atoms with van der Waals surface area (Å²) in [7, 11) is 1.28. The van der Waals surface area contributed by atoms with Gasteiger partial charge in [0.15, 0.2) is 14.4 Å². The largest absolute Gasteiger partial charge is 0.465 e. The normalized spacial score (nSPS) is 10.7. The van der Waals surface area contributed by atoms with Crippen LogP contribution in [0, 0.1) is 0 Å². The zero-order valence-electron chi connectivity index (χ0n) is 11.4. The molecule has 0 atom stereocenters. The second-order valence-electron chi connectivity index (χ2n) is 4.07. The molecule has 0 amide bonds. The average molecular weight is 388 g/mol. The molecule has 23 heavy (non-hydrogen) atoms. The number of benzene rings is 1. The lowest BCUT2D eigenvalue weighted by molar-refractivity contribution is 0.0606. The molecule has 3 rings (SSSR count). The molecule has 0 aliphatic rings. The van der Waals surface area contributed by atoms with E-state index in [1.807, 2.05) is 0 Å². The summed E-state index contributed by atoms with van der Waals surface area (Å²) in [6.45, 7) is 0. The van der Waals surface area contributed by atoms with Gasteiger partial charge in [0.1, 0.15) is 0 Å². The molecular formula is C13H7Cl2N3O3S2. The smallest absolute Gasteiger partial charge is 0.351 e. The molecule has 0 radical (unpaired) electrons. The first-order valence-electron chi connectivity index (χ1n) is 6.09. The first-order valence-corrected chi connectivity index (χ1v) is 8.47. The van der Waals surface area contributed by atoms with Gasteiger partial charge >= 0.3 is 5.97 Å². The summed E-state index contributed by atoms with van der Waals surface area (Å²) >= 11 is 14.0. The van der Waals surface area contributed by atoms with E-state index in [0.29, 0.717) is 15.3 Å². The van der Waals surface area contributed by atoms with Crippen LogP contribution in [0.3, 0.4) is 0 Å². The molecule has 0 aliphatic carbocycles. The number of hydrogen-bond acceptors (Lipinski definition) is 8. The van der Waals surface area contributed by atoms with E-state index in [2.05, 4.69) is 19.9 Å². The highest BCUT2D eigenvalue weighted by molar-refractivity contribution is 8.00. The van der Waals surface area contributed by atoms with E-state index >= 15 is 0 Å². The van der Waals surface area contributed by atoms with Crippen molar-refractivity contribution in [2.45, 2.75) is 9.56 Å². The van der Waals surface area contributed by atoms with Crippen molar-refractivity contribution in [3.63, 3.8) is 0 Å². The van der Waals surface area contributed by atoms with Gasteiger partial charge in [0.25, 0.3) is 5.22 Å². The second kappa shape index (κ2) is 6.88. The van der Waals surface area contributed by atoms with Crippen molar-refractivity contribution < 1.29 is 13.9 Å². The van der Waals surface area contributed by atoms with Crippen LogP contribution in [-0.2, 0) is 4.74 Å². The second-order valence-corrected chi connectivity index (χ2v) is 7.07. The van der Waals surface area contributed by atoms with Gasteiger partial charge in [-0.2, -0.15) is 0 Å². The summed E-state index contributed by atoms with van der Waals surface area (Å²) in [6, 6.07) is 7.02. The number of ether oxygens (including phenoxy) is 1. The number of carbonyl (C=O) groups excluding carboxylic acids is 1. The molecule has 3 aromatic rings. The van der Waals surface area contributed by atoms with Gasteiger partial charge in [-0.25, -0.2) is 9.78 Å². The van der Waals surface area contributed by atoms with Crippen molar-refractivity contribution in [1.82, 2.24) is 15.2 Å². The fraction of sp³-hybridized carbons (Fsp3) is 0.0769. The Kier molecular flexibility index (Phi) is 4.86. The van der Waals surface area contributed by atoms with E-state index in [4.69, 9.17) is 27.6 Å². The highest BCUT2D eigenvalue weighted by Gasteiger charge is 2.19. The minimum absolute atomic E-state index is 0.0850. The third-order valence-electron chi connectivity index (χ3n) is 2.61. The molecule has 0 saturated heterocycles. The number of rotatable bonds is 4. The molecule has 2 heterocycles. The topological polar surface area (TPSA) is 78.1 Å². The zero-order valence-corrected chi connectivity index (χ0v) is 14.6. The quantitative estimate of drug-likeness (QED) is 0.612. The average Bonchev–Trinajstić information content (AvgIpc) is 3.14. The Hall–Kier alpha value is -1.61. The Morgan fingerprint density at radius 1 is 1.26 bits per heavy atom. The van der Waals surface area contributed by atoms with E-state index in [-0.39, 0.29) is 15.3 Å². The van der Waals surface area contributed by atoms with E-state index < -0.39 is 5.97 Å². The van der Waals surface area contributed by atoms with Crippen molar-refractivity contribution in [3.05, 3.63) is 39.3 Å². The standard InChI is InChI=1S/C13H7Cl2N3O3S2/c1-20-11(19)8-9(15)16-13(22-8)23-12-18-17-10(21-12)6-2-4-7(14)5-3-6/h2-5H,1H3. The van der Waals surface area contributed by atoms with Gasteiger partial charge in [0, 0.05) is 22.3 Å². The first kappa shape index (κ1) is 16.3. The van der Waals surface area contributed by atoms with Gasteiger partial charge in [0.2, 0.25) is 5.89 Å². The molecule has 118 valence electrons. The number of esters is 1. The summed E-state index contributed by atoms with van der Waals surface area (Å²) in [5.74, 6) is -0.174. The molecule has 0 N–H and O–H groups in total. The van der Waals surface area contributed by atoms with Crippen LogP contribution in [-0.4, -0.2) is 28.3 Å². The predicted octanol–water partition coefficient (Wildman–Crippen LogP) is 4.44. The van der Waals surface area contributed by atoms with Crippen LogP contribution in [0.1, 0.15) is 9.67 Å². The third kappa shape index (κ3) is 3.66. The number of thiazole rings is 1. The van der Waals surface area contributed by atoms with Gasteiger partial charge < -0.3 is 9.15 Å². The highest BCUT2D eigenvalue weighted by Crippen LogP contribution is 2.35. The van der Waals surface area contributed by atoms with Gasteiger partial charge in [-0.1, -0.05) is 34.5 Å². The Morgan fingerprint density at radius 2 is 2.00 bits per heavy atom. The molecule has 0 spiro atoms. The van der Waals surface area contributed by atoms with Gasteiger partial charge in [-0.05, 0) is 24.3 Å². The number of carbonyl (C=O) groups is 1. The van der Waals surface area contributed by atoms with Crippen LogP contribution in [0.2, 0.25) is 10.2 Å². The van der Waals surface area contributed by atoms with E-state index in [9.17, 15) is 4.79 Å². The molecule has 2 aromatic heterocycles. The van der Waals surface area contributed by atoms with Crippen LogP contribution < -0.4 is 0 Å². The molecule has 0 bridgehead atoms. The van der Waals surface area contributed by atoms with Crippen molar-refractivity contribution in [2.75, 3.05) is 7.11 Å². The molecule has 6 nitrogen and oxygen atoms in total. The number of aromatic nitrogens is 3. The highest BCUT2D eigenvalue weighted by atomic mass is 35.5. The SMILES string of the molecule is COC(=O)c1sc(Sc2nnc(-c3ccc(Cl)cc3)o2)nc1Cl. The number of hydrogen-bond donors (Lipinski definition) is 0. The monoisotopic (exact) mass is 387 g/mol. The van der Waals surface area contributed by atoms with Crippen molar-refractivity contribution in [1.29, 1.82) is 0 Å². The lowest BCUT2D eigenvalue weighted by Gasteiger charge is -1.94. The van der Waals surface area contributed by atoms with Crippen molar-refractivity contribution in [2.24, 2.45) is 0 Å². The van der Waals surface area contributed by atoms with E-state index in [1.54, 1.807) is 24.3 Å². The van der Waals surface area contributed by atoms with Gasteiger partial charge in [-0.15, -0.1) is 10.2 Å². The van der Waals surface area contributed by atoms with Crippen LogP contribution in [0.4, 0.5) is 0 Å². The maximum Gasteiger partial charge on any atom is 0.351 e. The van der Waals surface area contributed by atoms with Crippen LogP contribution in [0.5, 0.6) is 0 Å². The summed E-state index contributed by atoms with van der Waals surface area (Å²) in [5.41, 5.74) is 0.751. The zero-order chi connectivity index (χ0) is 16.4. The minimum Gasteiger partial charge on any atom is -0.465 e. The van der Waals surface area contributed by atoms with Gasteiger partial charge in [-0.3, -0.25) is 0 Å². The Morgan fingerprint density at radius 3 is 2.70 bits per heavy atom. The van der Waals surface area contributed by atoms with E-state index in [1.165, 1.54) is 7.11 Å². The Balaban J connectivity index is 1.79. The molecular weight excluding hydrogens is 381 g/mol. The molecule has 0 saturated carbocycles. The molecule has 1 aromatic carbocycles. The summed E-state index contributed by atoms with van der Waals surface area (Å²) in [4.78, 5) is 15.8. The summed E-state index contributed by atoms with van der Waals surface area (Å²) in [5, 5.41) is 8.89. The third-order valence-corrected chi connectivity index (χ3v) is 5.18. The predicted molar refractivity (Wildman–Crippen MR) is 87.3 cm³/mol. The first-order chi connectivity index (χ1) is 11.1. The van der Waals surface area contributed by atoms with Crippen LogP contribution >= 0.6 is 46.3 Å². The fourth-order valence-corrected chi connectivity index (χ4v) is 3.81. The maximum atomic E-state index is 11.5. The lowest BCUT2D eigenvalue weighted by atomic mass is 10.2. The minimum atomic E-state index is -0.535. The van der Waals surface area contributed by atoms with Crippen LogP contribution in [0.25, 0.3) is 11.5 Å². The van der Waals surface area contributed by atoms with Crippen molar-refractivity contribution >= 4 is 52.3 Å². The number of methoxy groups -OCH3 is 1. The molecule has 10 heteroatoms. The summed E-state index contributed by atoms with van der Waals surface area (Å²) < 4.78 is 10.7. The molecule has 0 aliphatic heterocycles. The molecule has 0 fully saturated rings. The number of nitrogens with zero attached hydrogens (tertiary/aromatic N) is 3. The maximum absolute atomic E-state index is 11.5. The van der Waals surface area contributed by atoms with Gasteiger partial charge in [0.05, 0.1) is 7.11 Å². The fourth-order valence-electron chi connectivity index (χ4n) is 1.58. The lowest BCUT2D eigenvalue weighted by Crippen LogP contribution is -1.98. The molecule has 0 unspecified atom stereocenters.